The summed E-state index contributed by atoms with van der Waals surface area (Å²) in [6.07, 6.45) is 0.867. The van der Waals surface area contributed by atoms with Crippen LogP contribution < -0.4 is 4.80 Å². The second kappa shape index (κ2) is 7.73. The maximum Gasteiger partial charge on any atom is 0.326 e. The van der Waals surface area contributed by atoms with Crippen molar-refractivity contribution in [1.29, 1.82) is 0 Å². The number of carbonyl (C=O) groups is 1. The summed E-state index contributed by atoms with van der Waals surface area (Å²) in [5.41, 5.74) is 1.90. The van der Waals surface area contributed by atoms with E-state index in [-0.39, 0.29) is 22.2 Å². The predicted octanol–water partition coefficient (Wildman–Crippen LogP) is 3.18. The van der Waals surface area contributed by atoms with Gasteiger partial charge in [-0.1, -0.05) is 30.4 Å². The third-order valence-corrected chi connectivity index (χ3v) is 7.49. The van der Waals surface area contributed by atoms with Gasteiger partial charge in [-0.2, -0.15) is 8.42 Å². The highest BCUT2D eigenvalue weighted by molar-refractivity contribution is 7.92. The summed E-state index contributed by atoms with van der Waals surface area (Å²) in [4.78, 5) is 12.3. The highest BCUT2D eigenvalue weighted by Crippen LogP contribution is 2.22. The van der Waals surface area contributed by atoms with Gasteiger partial charge in [0.1, 0.15) is 10.8 Å². The zero-order valence-corrected chi connectivity index (χ0v) is 16.8. The van der Waals surface area contributed by atoms with E-state index in [1.807, 2.05) is 25.1 Å². The molecular weight excluding hydrogens is 392 g/mol. The number of carbonyl (C=O) groups excluding carboxylic acids is 1. The Kier molecular flexibility index (Phi) is 5.59. The Hall–Kier alpha value is -1.97. The number of esters is 1. The Balaban J connectivity index is 2.19. The quantitative estimate of drug-likeness (QED) is 0.585. The van der Waals surface area contributed by atoms with Gasteiger partial charge in [0.15, 0.2) is 0 Å². The average Bonchev–Trinajstić information content (AvgIpc) is 3.24. The van der Waals surface area contributed by atoms with Gasteiger partial charge in [-0.05, 0) is 42.5 Å². The zero-order valence-electron chi connectivity index (χ0n) is 14.3. The SMILES string of the molecule is CCOC(=O)Cn1c(=NS(=O)(=O)c2cccs2)sc2cc(CC)ccc21. The molecule has 0 atom stereocenters. The van der Waals surface area contributed by atoms with E-state index < -0.39 is 16.0 Å². The van der Waals surface area contributed by atoms with E-state index in [0.29, 0.717) is 0 Å². The standard InChI is InChI=1S/C17H18N2O4S3/c1-3-12-7-8-13-14(10-12)25-17(19(13)11-15(20)23-4-2)18-26(21,22)16-6-5-9-24-16/h5-10H,3-4,11H2,1-2H3. The average molecular weight is 411 g/mol. The Morgan fingerprint density at radius 3 is 2.73 bits per heavy atom. The molecule has 0 bridgehead atoms. The molecule has 0 radical (unpaired) electrons. The minimum atomic E-state index is -3.82. The molecule has 9 heteroatoms. The van der Waals surface area contributed by atoms with E-state index in [1.54, 1.807) is 22.9 Å². The number of aromatic nitrogens is 1. The first-order valence-corrected chi connectivity index (χ1v) is 11.2. The molecule has 138 valence electrons. The Bertz CT molecular complexity index is 1090. The molecule has 0 aliphatic carbocycles. The van der Waals surface area contributed by atoms with Crippen molar-refractivity contribution < 1.29 is 17.9 Å². The number of hydrogen-bond acceptors (Lipinski definition) is 6. The number of rotatable bonds is 6. The van der Waals surface area contributed by atoms with Crippen LogP contribution in [-0.2, 0) is 32.5 Å². The highest BCUT2D eigenvalue weighted by Gasteiger charge is 2.17. The summed E-state index contributed by atoms with van der Waals surface area (Å²) in [6, 6.07) is 9.03. The molecule has 0 saturated carbocycles. The number of thiazole rings is 1. The van der Waals surface area contributed by atoms with Gasteiger partial charge in [-0.25, -0.2) is 0 Å². The van der Waals surface area contributed by atoms with Crippen molar-refractivity contribution >= 4 is 48.9 Å². The first kappa shape index (κ1) is 18.8. The molecule has 0 N–H and O–H groups in total. The normalized spacial score (nSPS) is 12.6. The van der Waals surface area contributed by atoms with Gasteiger partial charge in [0.05, 0.1) is 16.8 Å². The fourth-order valence-electron chi connectivity index (χ4n) is 2.45. The topological polar surface area (TPSA) is 77.7 Å². The molecule has 0 aliphatic rings. The number of ether oxygens (including phenoxy) is 1. The van der Waals surface area contributed by atoms with Crippen molar-refractivity contribution in [3.8, 4) is 0 Å². The second-order valence-electron chi connectivity index (χ2n) is 5.43. The van der Waals surface area contributed by atoms with Crippen LogP contribution in [0.5, 0.6) is 0 Å². The van der Waals surface area contributed by atoms with Gasteiger partial charge >= 0.3 is 5.97 Å². The van der Waals surface area contributed by atoms with E-state index in [4.69, 9.17) is 4.74 Å². The Labute approximate surface area is 159 Å². The summed E-state index contributed by atoms with van der Waals surface area (Å²) in [5, 5.41) is 1.69. The van der Waals surface area contributed by atoms with Crippen LogP contribution in [0.2, 0.25) is 0 Å². The van der Waals surface area contributed by atoms with Crippen molar-refractivity contribution in [2.75, 3.05) is 6.61 Å². The molecule has 6 nitrogen and oxygen atoms in total. The lowest BCUT2D eigenvalue weighted by Gasteiger charge is -2.05. The molecule has 3 aromatic rings. The van der Waals surface area contributed by atoms with Crippen LogP contribution in [0.15, 0.2) is 44.3 Å². The molecule has 2 aromatic heterocycles. The Morgan fingerprint density at radius 1 is 1.27 bits per heavy atom. The molecule has 0 aliphatic heterocycles. The van der Waals surface area contributed by atoms with E-state index in [2.05, 4.69) is 4.40 Å². The van der Waals surface area contributed by atoms with Crippen molar-refractivity contribution in [2.45, 2.75) is 31.0 Å². The number of thiophene rings is 1. The molecule has 0 unspecified atom stereocenters. The smallest absolute Gasteiger partial charge is 0.326 e. The summed E-state index contributed by atoms with van der Waals surface area (Å²) >= 11 is 2.36. The molecule has 0 amide bonds. The predicted molar refractivity (Wildman–Crippen MR) is 103 cm³/mol. The summed E-state index contributed by atoms with van der Waals surface area (Å²) in [5.74, 6) is -0.429. The molecule has 1 aromatic carbocycles. The highest BCUT2D eigenvalue weighted by atomic mass is 32.2. The van der Waals surface area contributed by atoms with Crippen molar-refractivity contribution in [2.24, 2.45) is 4.40 Å². The van der Waals surface area contributed by atoms with Crippen LogP contribution in [0.25, 0.3) is 10.2 Å². The fraction of sp³-hybridized carbons (Fsp3) is 0.294. The van der Waals surface area contributed by atoms with Crippen LogP contribution in [0, 0.1) is 0 Å². The second-order valence-corrected chi connectivity index (χ2v) is 9.22. The molecular formula is C17H18N2O4S3. The summed E-state index contributed by atoms with van der Waals surface area (Å²) in [7, 11) is -3.82. The lowest BCUT2D eigenvalue weighted by Crippen LogP contribution is -2.23. The van der Waals surface area contributed by atoms with Crippen molar-refractivity contribution in [3.63, 3.8) is 0 Å². The van der Waals surface area contributed by atoms with Gasteiger partial charge in [-0.3, -0.25) is 4.79 Å². The Morgan fingerprint density at radius 2 is 2.08 bits per heavy atom. The van der Waals surface area contributed by atoms with E-state index in [0.717, 1.165) is 33.5 Å². The molecule has 2 heterocycles. The van der Waals surface area contributed by atoms with Crippen LogP contribution in [0.1, 0.15) is 19.4 Å². The minimum Gasteiger partial charge on any atom is -0.465 e. The van der Waals surface area contributed by atoms with E-state index >= 15 is 0 Å². The van der Waals surface area contributed by atoms with E-state index in [9.17, 15) is 13.2 Å². The molecule has 0 saturated heterocycles. The maximum absolute atomic E-state index is 12.5. The van der Waals surface area contributed by atoms with Gasteiger partial charge in [0.25, 0.3) is 10.0 Å². The molecule has 26 heavy (non-hydrogen) atoms. The number of aryl methyl sites for hydroxylation is 1. The van der Waals surface area contributed by atoms with Gasteiger partial charge in [0.2, 0.25) is 4.80 Å². The fourth-order valence-corrected chi connectivity index (χ4v) is 5.72. The number of benzene rings is 1. The van der Waals surface area contributed by atoms with Crippen LogP contribution in [0.3, 0.4) is 0 Å². The maximum atomic E-state index is 12.5. The number of nitrogens with zero attached hydrogens (tertiary/aromatic N) is 2. The van der Waals surface area contributed by atoms with E-state index in [1.165, 1.54) is 17.4 Å². The minimum absolute atomic E-state index is 0.0852. The van der Waals surface area contributed by atoms with Crippen molar-refractivity contribution in [1.82, 2.24) is 4.57 Å². The molecule has 3 rings (SSSR count). The lowest BCUT2D eigenvalue weighted by atomic mass is 10.2. The first-order chi connectivity index (χ1) is 12.4. The molecule has 0 fully saturated rings. The first-order valence-electron chi connectivity index (χ1n) is 8.07. The third kappa shape index (κ3) is 3.89. The van der Waals surface area contributed by atoms with Gasteiger partial charge in [-0.15, -0.1) is 15.7 Å². The van der Waals surface area contributed by atoms with Crippen LogP contribution in [0.4, 0.5) is 0 Å². The monoisotopic (exact) mass is 410 g/mol. The van der Waals surface area contributed by atoms with Crippen LogP contribution in [-0.4, -0.2) is 25.6 Å². The number of sulfonamides is 1. The van der Waals surface area contributed by atoms with Gasteiger partial charge < -0.3 is 9.30 Å². The number of fused-ring (bicyclic) bond motifs is 1. The van der Waals surface area contributed by atoms with Gasteiger partial charge in [0, 0.05) is 0 Å². The zero-order chi connectivity index (χ0) is 18.7. The lowest BCUT2D eigenvalue weighted by molar-refractivity contribution is -0.143. The summed E-state index contributed by atoms with van der Waals surface area (Å²) < 4.78 is 36.8. The van der Waals surface area contributed by atoms with Crippen LogP contribution >= 0.6 is 22.7 Å². The third-order valence-electron chi connectivity index (χ3n) is 3.70. The largest absolute Gasteiger partial charge is 0.465 e. The summed E-state index contributed by atoms with van der Waals surface area (Å²) in [6.45, 7) is 3.96. The number of hydrogen-bond donors (Lipinski definition) is 0. The molecule has 0 spiro atoms. The van der Waals surface area contributed by atoms with Crippen molar-refractivity contribution in [3.05, 3.63) is 46.1 Å².